The fraction of sp³-hybridized carbons (Fsp3) is 0.409. The smallest absolute Gasteiger partial charge is 0.319 e. The number of aromatic nitrogens is 2. The summed E-state index contributed by atoms with van der Waals surface area (Å²) in [5, 5.41) is 3.30. The van der Waals surface area contributed by atoms with Crippen LogP contribution in [0.25, 0.3) is 21.3 Å². The van der Waals surface area contributed by atoms with Gasteiger partial charge in [0.25, 0.3) is 0 Å². The van der Waals surface area contributed by atoms with Crippen molar-refractivity contribution in [2.45, 2.75) is 6.54 Å². The van der Waals surface area contributed by atoms with Crippen LogP contribution in [0.1, 0.15) is 5.82 Å². The summed E-state index contributed by atoms with van der Waals surface area (Å²) in [6, 6.07) is 10.5. The van der Waals surface area contributed by atoms with Gasteiger partial charge >= 0.3 is 6.03 Å². The maximum Gasteiger partial charge on any atom is 0.319 e. The Hall–Kier alpha value is -2.71. The predicted octanol–water partition coefficient (Wildman–Crippen LogP) is 3.22. The minimum atomic E-state index is 0.0660. The Morgan fingerprint density at radius 3 is 2.37 bits per heavy atom. The normalized spacial score (nSPS) is 14.6. The van der Waals surface area contributed by atoms with Gasteiger partial charge in [0.1, 0.15) is 16.5 Å². The number of nitrogens with zero attached hydrogens (tertiary/aromatic N) is 6. The molecular formula is C22H28N6OS. The van der Waals surface area contributed by atoms with Gasteiger partial charge in [0.05, 0.1) is 11.9 Å². The van der Waals surface area contributed by atoms with Crippen LogP contribution in [-0.4, -0.2) is 85.1 Å². The topological polar surface area (TPSA) is 55.8 Å². The van der Waals surface area contributed by atoms with Crippen LogP contribution in [0, 0.1) is 0 Å². The van der Waals surface area contributed by atoms with Crippen LogP contribution in [0.2, 0.25) is 0 Å². The van der Waals surface area contributed by atoms with Gasteiger partial charge < -0.3 is 19.6 Å². The molecule has 8 heteroatoms. The third-order valence-electron chi connectivity index (χ3n) is 5.24. The quantitative estimate of drug-likeness (QED) is 0.644. The monoisotopic (exact) mass is 424 g/mol. The van der Waals surface area contributed by atoms with Crippen molar-refractivity contribution in [1.29, 1.82) is 0 Å². The molecule has 0 radical (unpaired) electrons. The first-order chi connectivity index (χ1) is 14.4. The zero-order valence-corrected chi connectivity index (χ0v) is 18.8. The minimum absolute atomic E-state index is 0.0660. The molecule has 7 nitrogen and oxygen atoms in total. The van der Waals surface area contributed by atoms with Crippen LogP contribution < -0.4 is 4.90 Å². The summed E-state index contributed by atoms with van der Waals surface area (Å²) in [6.45, 7) is 3.60. The molecule has 0 unspecified atom stereocenters. The highest BCUT2D eigenvalue weighted by atomic mass is 32.1. The number of urea groups is 1. The number of thiophene rings is 1. The molecule has 0 saturated carbocycles. The van der Waals surface area contributed by atoms with Crippen LogP contribution in [0.4, 0.5) is 10.6 Å². The molecule has 0 spiro atoms. The molecule has 1 aromatic carbocycles. The third-order valence-corrected chi connectivity index (χ3v) is 6.11. The average molecular weight is 425 g/mol. The number of carbonyl (C=O) groups excluding carboxylic acids is 1. The molecule has 0 bridgehead atoms. The Balaban J connectivity index is 1.73. The van der Waals surface area contributed by atoms with Crippen LogP contribution in [-0.2, 0) is 6.54 Å². The number of rotatable bonds is 4. The van der Waals surface area contributed by atoms with Gasteiger partial charge in [0.2, 0.25) is 0 Å². The average Bonchev–Trinajstić information content (AvgIpc) is 3.17. The number of piperazine rings is 1. The Morgan fingerprint density at radius 2 is 1.73 bits per heavy atom. The molecule has 3 aromatic rings. The van der Waals surface area contributed by atoms with E-state index in [0.29, 0.717) is 19.6 Å². The molecule has 4 rings (SSSR count). The van der Waals surface area contributed by atoms with Gasteiger partial charge in [-0.2, -0.15) is 0 Å². The first-order valence-electron chi connectivity index (χ1n) is 10.1. The van der Waals surface area contributed by atoms with E-state index in [0.717, 1.165) is 34.9 Å². The lowest BCUT2D eigenvalue weighted by atomic mass is 10.1. The lowest BCUT2D eigenvalue weighted by Crippen LogP contribution is -2.51. The van der Waals surface area contributed by atoms with Gasteiger partial charge in [-0.1, -0.05) is 30.3 Å². The van der Waals surface area contributed by atoms with E-state index in [9.17, 15) is 4.79 Å². The molecular weight excluding hydrogens is 396 g/mol. The highest BCUT2D eigenvalue weighted by Gasteiger charge is 2.26. The SMILES string of the molecule is CN(C)Cc1nc(N2CCN(C(=O)N(C)C)CC2)c2c(-c3ccccc3)csc2n1. The summed E-state index contributed by atoms with van der Waals surface area (Å²) in [4.78, 5) is 31.1. The Morgan fingerprint density at radius 1 is 1.03 bits per heavy atom. The largest absolute Gasteiger partial charge is 0.352 e. The number of hydrogen-bond acceptors (Lipinski definition) is 6. The molecule has 2 amide bonds. The zero-order valence-electron chi connectivity index (χ0n) is 18.0. The van der Waals surface area contributed by atoms with Gasteiger partial charge in [-0.05, 0) is 19.7 Å². The van der Waals surface area contributed by atoms with E-state index in [4.69, 9.17) is 9.97 Å². The maximum absolute atomic E-state index is 12.3. The number of benzene rings is 1. The summed E-state index contributed by atoms with van der Waals surface area (Å²) in [6.07, 6.45) is 0. The zero-order chi connectivity index (χ0) is 21.3. The van der Waals surface area contributed by atoms with Crippen molar-refractivity contribution in [3.8, 4) is 11.1 Å². The molecule has 1 saturated heterocycles. The van der Waals surface area contributed by atoms with E-state index in [2.05, 4.69) is 39.4 Å². The lowest BCUT2D eigenvalue weighted by Gasteiger charge is -2.37. The summed E-state index contributed by atoms with van der Waals surface area (Å²) < 4.78 is 0. The van der Waals surface area contributed by atoms with Crippen molar-refractivity contribution in [1.82, 2.24) is 24.7 Å². The molecule has 2 aromatic heterocycles. The fourth-order valence-electron chi connectivity index (χ4n) is 3.77. The highest BCUT2D eigenvalue weighted by Crippen LogP contribution is 2.38. The van der Waals surface area contributed by atoms with Crippen molar-refractivity contribution in [2.75, 3.05) is 59.3 Å². The van der Waals surface area contributed by atoms with Gasteiger partial charge in [-0.3, -0.25) is 0 Å². The minimum Gasteiger partial charge on any atom is -0.352 e. The van der Waals surface area contributed by atoms with Crippen molar-refractivity contribution in [2.24, 2.45) is 0 Å². The predicted molar refractivity (Wildman–Crippen MR) is 123 cm³/mol. The second kappa shape index (κ2) is 8.57. The van der Waals surface area contributed by atoms with Crippen LogP contribution in [0.3, 0.4) is 0 Å². The molecule has 0 N–H and O–H groups in total. The van der Waals surface area contributed by atoms with Crippen LogP contribution >= 0.6 is 11.3 Å². The van der Waals surface area contributed by atoms with E-state index in [1.54, 1.807) is 30.3 Å². The van der Waals surface area contributed by atoms with Crippen molar-refractivity contribution >= 4 is 33.4 Å². The summed E-state index contributed by atoms with van der Waals surface area (Å²) in [5.74, 6) is 1.81. The molecule has 3 heterocycles. The maximum atomic E-state index is 12.3. The van der Waals surface area contributed by atoms with E-state index >= 15 is 0 Å². The van der Waals surface area contributed by atoms with Gasteiger partial charge in [-0.25, -0.2) is 14.8 Å². The molecule has 0 atom stereocenters. The first kappa shape index (κ1) is 20.6. The number of amides is 2. The summed E-state index contributed by atoms with van der Waals surface area (Å²) >= 11 is 1.67. The van der Waals surface area contributed by atoms with Crippen LogP contribution in [0.5, 0.6) is 0 Å². The number of hydrogen-bond donors (Lipinski definition) is 0. The second-order valence-corrected chi connectivity index (χ2v) is 8.91. The molecule has 1 aliphatic heterocycles. The molecule has 30 heavy (non-hydrogen) atoms. The molecule has 1 fully saturated rings. The van der Waals surface area contributed by atoms with E-state index in [-0.39, 0.29) is 6.03 Å². The Bertz CT molecular complexity index is 1020. The van der Waals surface area contributed by atoms with E-state index in [1.165, 1.54) is 11.1 Å². The third kappa shape index (κ3) is 4.11. The lowest BCUT2D eigenvalue weighted by molar-refractivity contribution is 0.168. The molecule has 158 valence electrons. The Labute approximate surface area is 181 Å². The second-order valence-electron chi connectivity index (χ2n) is 8.05. The number of carbonyl (C=O) groups is 1. The fourth-order valence-corrected chi connectivity index (χ4v) is 4.73. The van der Waals surface area contributed by atoms with Gasteiger partial charge in [-0.15, -0.1) is 11.3 Å². The van der Waals surface area contributed by atoms with E-state index < -0.39 is 0 Å². The standard InChI is InChI=1S/C22H28N6OS/c1-25(2)14-18-23-20(27-10-12-28(13-11-27)22(29)26(3)4)19-17(15-30-21(19)24-18)16-8-6-5-7-9-16/h5-9,15H,10-14H2,1-4H3. The van der Waals surface area contributed by atoms with Gasteiger partial charge in [0, 0.05) is 51.2 Å². The van der Waals surface area contributed by atoms with Crippen molar-refractivity contribution in [3.05, 3.63) is 41.5 Å². The summed E-state index contributed by atoms with van der Waals surface area (Å²) in [5.41, 5.74) is 2.35. The van der Waals surface area contributed by atoms with Crippen molar-refractivity contribution in [3.63, 3.8) is 0 Å². The van der Waals surface area contributed by atoms with Crippen LogP contribution in [0.15, 0.2) is 35.7 Å². The highest BCUT2D eigenvalue weighted by molar-refractivity contribution is 7.17. The van der Waals surface area contributed by atoms with Gasteiger partial charge in [0.15, 0.2) is 0 Å². The molecule has 0 aliphatic carbocycles. The number of fused-ring (bicyclic) bond motifs is 1. The number of anilines is 1. The molecule has 1 aliphatic rings. The van der Waals surface area contributed by atoms with E-state index in [1.807, 2.05) is 25.1 Å². The van der Waals surface area contributed by atoms with Crippen molar-refractivity contribution < 1.29 is 4.79 Å². The Kier molecular flexibility index (Phi) is 5.87. The first-order valence-corrected chi connectivity index (χ1v) is 11.0. The summed E-state index contributed by atoms with van der Waals surface area (Å²) in [7, 11) is 7.66.